The largest absolute Gasteiger partial charge is 0.355 e. The maximum atomic E-state index is 11.8. The van der Waals surface area contributed by atoms with Crippen molar-refractivity contribution in [2.75, 3.05) is 12.3 Å². The molecule has 0 aliphatic heterocycles. The molecule has 1 N–H and O–H groups in total. The number of thioether (sulfide) groups is 1. The fourth-order valence-corrected chi connectivity index (χ4v) is 3.14. The minimum atomic E-state index is 0.0394. The summed E-state index contributed by atoms with van der Waals surface area (Å²) in [6, 6.07) is 8.43. The Morgan fingerprint density at radius 2 is 1.88 bits per heavy atom. The highest BCUT2D eigenvalue weighted by Crippen LogP contribution is 2.26. The number of benzene rings is 1. The van der Waals surface area contributed by atoms with Gasteiger partial charge < -0.3 is 9.88 Å². The molecule has 0 atom stereocenters. The first-order valence-corrected chi connectivity index (χ1v) is 9.71. The number of nitrogens with zero attached hydrogens (tertiary/aromatic N) is 3. The summed E-state index contributed by atoms with van der Waals surface area (Å²) >= 11 is 1.41. The van der Waals surface area contributed by atoms with Gasteiger partial charge in [0.15, 0.2) is 11.0 Å². The van der Waals surface area contributed by atoms with E-state index in [0.717, 1.165) is 35.9 Å². The van der Waals surface area contributed by atoms with E-state index >= 15 is 0 Å². The normalized spacial score (nSPS) is 11.6. The number of carbonyl (C=O) groups is 1. The fraction of sp³-hybridized carbons (Fsp3) is 0.526. The van der Waals surface area contributed by atoms with Crippen molar-refractivity contribution in [1.29, 1.82) is 0 Å². The van der Waals surface area contributed by atoms with Crippen molar-refractivity contribution in [1.82, 2.24) is 20.1 Å². The van der Waals surface area contributed by atoms with E-state index in [0.29, 0.717) is 5.75 Å². The Morgan fingerprint density at radius 3 is 2.48 bits per heavy atom. The third-order valence-electron chi connectivity index (χ3n) is 4.03. The van der Waals surface area contributed by atoms with Gasteiger partial charge in [0.25, 0.3) is 0 Å². The van der Waals surface area contributed by atoms with Crippen LogP contribution in [0.15, 0.2) is 29.4 Å². The molecule has 2 aromatic rings. The van der Waals surface area contributed by atoms with Gasteiger partial charge in [-0.3, -0.25) is 4.79 Å². The number of nitrogens with one attached hydrogen (secondary N) is 1. The second-order valence-corrected chi connectivity index (χ2v) is 8.13. The van der Waals surface area contributed by atoms with Gasteiger partial charge in [-0.15, -0.1) is 10.2 Å². The lowest BCUT2D eigenvalue weighted by Crippen LogP contribution is -2.26. The molecular weight excluding hydrogens is 332 g/mol. The van der Waals surface area contributed by atoms with Crippen molar-refractivity contribution < 1.29 is 4.79 Å². The Bertz CT molecular complexity index is 701. The summed E-state index contributed by atoms with van der Waals surface area (Å²) < 4.78 is 1.94. The van der Waals surface area contributed by atoms with E-state index in [-0.39, 0.29) is 11.3 Å². The Kier molecular flexibility index (Phi) is 6.64. The van der Waals surface area contributed by atoms with E-state index in [1.165, 1.54) is 17.3 Å². The zero-order valence-corrected chi connectivity index (χ0v) is 16.6. The number of rotatable bonds is 7. The molecule has 25 heavy (non-hydrogen) atoms. The molecule has 0 aliphatic carbocycles. The Balaban J connectivity index is 2.02. The maximum absolute atomic E-state index is 11.8. The first-order valence-electron chi connectivity index (χ1n) is 8.72. The first-order chi connectivity index (χ1) is 11.8. The van der Waals surface area contributed by atoms with Crippen LogP contribution in [0, 0.1) is 0 Å². The van der Waals surface area contributed by atoms with Crippen LogP contribution in [-0.4, -0.2) is 33.0 Å². The SMILES string of the molecule is CCCCNC(=O)CSc1nnc(-c2ccc(C(C)(C)C)cc2)n1C. The Morgan fingerprint density at radius 1 is 1.20 bits per heavy atom. The van der Waals surface area contributed by atoms with Gasteiger partial charge in [0.1, 0.15) is 0 Å². The van der Waals surface area contributed by atoms with Crippen molar-refractivity contribution >= 4 is 17.7 Å². The van der Waals surface area contributed by atoms with Crippen LogP contribution >= 0.6 is 11.8 Å². The number of carbonyl (C=O) groups excluding carboxylic acids is 1. The standard InChI is InChI=1S/C19H28N4OS/c1-6-7-12-20-16(24)13-25-18-22-21-17(23(18)5)14-8-10-15(11-9-14)19(2,3)4/h8-11H,6-7,12-13H2,1-5H3,(H,20,24). The maximum Gasteiger partial charge on any atom is 0.230 e. The van der Waals surface area contributed by atoms with E-state index in [1.54, 1.807) is 0 Å². The summed E-state index contributed by atoms with van der Waals surface area (Å²) in [5.41, 5.74) is 2.45. The zero-order valence-electron chi connectivity index (χ0n) is 15.8. The highest BCUT2D eigenvalue weighted by molar-refractivity contribution is 7.99. The smallest absolute Gasteiger partial charge is 0.230 e. The molecule has 1 heterocycles. The lowest BCUT2D eigenvalue weighted by atomic mass is 9.87. The van der Waals surface area contributed by atoms with E-state index in [4.69, 9.17) is 0 Å². The van der Waals surface area contributed by atoms with Gasteiger partial charge in [0.05, 0.1) is 5.75 Å². The third-order valence-corrected chi connectivity index (χ3v) is 5.05. The number of unbranched alkanes of at least 4 members (excludes halogenated alkanes) is 1. The van der Waals surface area contributed by atoms with Crippen LogP contribution in [-0.2, 0) is 17.3 Å². The summed E-state index contributed by atoms with van der Waals surface area (Å²) in [6.45, 7) is 9.44. The second-order valence-electron chi connectivity index (χ2n) is 7.18. The Labute approximate surface area is 154 Å². The number of amides is 1. The van der Waals surface area contributed by atoms with Crippen LogP contribution in [0.2, 0.25) is 0 Å². The molecule has 2 rings (SSSR count). The predicted molar refractivity (Wildman–Crippen MR) is 104 cm³/mol. The van der Waals surface area contributed by atoms with Gasteiger partial charge in [0, 0.05) is 19.2 Å². The molecule has 0 saturated heterocycles. The average molecular weight is 361 g/mol. The minimum Gasteiger partial charge on any atom is -0.355 e. The van der Waals surface area contributed by atoms with Gasteiger partial charge >= 0.3 is 0 Å². The lowest BCUT2D eigenvalue weighted by molar-refractivity contribution is -0.118. The van der Waals surface area contributed by atoms with E-state index in [1.807, 2.05) is 11.6 Å². The molecule has 6 heteroatoms. The van der Waals surface area contributed by atoms with E-state index < -0.39 is 0 Å². The van der Waals surface area contributed by atoms with Crippen LogP contribution in [0.4, 0.5) is 0 Å². The van der Waals surface area contributed by atoms with Gasteiger partial charge in [0.2, 0.25) is 5.91 Å². The van der Waals surface area contributed by atoms with Crippen molar-refractivity contribution in [3.05, 3.63) is 29.8 Å². The van der Waals surface area contributed by atoms with Crippen LogP contribution in [0.25, 0.3) is 11.4 Å². The molecule has 1 aromatic heterocycles. The predicted octanol–water partition coefficient (Wildman–Crippen LogP) is 3.79. The molecule has 0 unspecified atom stereocenters. The van der Waals surface area contributed by atoms with Crippen molar-refractivity contribution in [2.45, 2.75) is 51.1 Å². The lowest BCUT2D eigenvalue weighted by Gasteiger charge is -2.19. The van der Waals surface area contributed by atoms with Gasteiger partial charge in [-0.25, -0.2) is 0 Å². The van der Waals surface area contributed by atoms with E-state index in [2.05, 4.69) is 67.5 Å². The summed E-state index contributed by atoms with van der Waals surface area (Å²) in [5.74, 6) is 1.21. The van der Waals surface area contributed by atoms with Gasteiger partial charge in [-0.1, -0.05) is 70.1 Å². The summed E-state index contributed by atoms with van der Waals surface area (Å²) in [6.07, 6.45) is 2.09. The molecular formula is C19H28N4OS. The molecule has 1 amide bonds. The Hall–Kier alpha value is -1.82. The number of hydrogen-bond acceptors (Lipinski definition) is 4. The molecule has 0 radical (unpaired) electrons. The highest BCUT2D eigenvalue weighted by Gasteiger charge is 2.16. The zero-order chi connectivity index (χ0) is 18.4. The minimum absolute atomic E-state index is 0.0394. The second kappa shape index (κ2) is 8.52. The van der Waals surface area contributed by atoms with Crippen molar-refractivity contribution in [3.63, 3.8) is 0 Å². The van der Waals surface area contributed by atoms with Crippen LogP contribution in [0.1, 0.15) is 46.1 Å². The molecule has 136 valence electrons. The van der Waals surface area contributed by atoms with Crippen LogP contribution in [0.5, 0.6) is 0 Å². The molecule has 0 aliphatic rings. The molecule has 0 spiro atoms. The fourth-order valence-electron chi connectivity index (χ4n) is 2.40. The molecule has 0 bridgehead atoms. The molecule has 1 aromatic carbocycles. The first kappa shape index (κ1) is 19.5. The number of hydrogen-bond donors (Lipinski definition) is 1. The van der Waals surface area contributed by atoms with Gasteiger partial charge in [-0.05, 0) is 17.4 Å². The average Bonchev–Trinajstić information content (AvgIpc) is 2.93. The summed E-state index contributed by atoms with van der Waals surface area (Å²) in [5, 5.41) is 12.2. The quantitative estimate of drug-likeness (QED) is 0.603. The highest BCUT2D eigenvalue weighted by atomic mass is 32.2. The van der Waals surface area contributed by atoms with Gasteiger partial charge in [-0.2, -0.15) is 0 Å². The van der Waals surface area contributed by atoms with Crippen molar-refractivity contribution in [2.24, 2.45) is 7.05 Å². The molecule has 5 nitrogen and oxygen atoms in total. The topological polar surface area (TPSA) is 59.8 Å². The van der Waals surface area contributed by atoms with Crippen LogP contribution < -0.4 is 5.32 Å². The third kappa shape index (κ3) is 5.33. The monoisotopic (exact) mass is 360 g/mol. The van der Waals surface area contributed by atoms with E-state index in [9.17, 15) is 4.79 Å². The molecule has 0 saturated carbocycles. The summed E-state index contributed by atoms with van der Waals surface area (Å²) in [7, 11) is 1.93. The number of aromatic nitrogens is 3. The molecule has 0 fully saturated rings. The van der Waals surface area contributed by atoms with Crippen molar-refractivity contribution in [3.8, 4) is 11.4 Å². The summed E-state index contributed by atoms with van der Waals surface area (Å²) in [4.78, 5) is 11.8. The van der Waals surface area contributed by atoms with Crippen LogP contribution in [0.3, 0.4) is 0 Å².